The third-order valence-corrected chi connectivity index (χ3v) is 5.32. The topological polar surface area (TPSA) is 18.5 Å². The molecule has 110 valence electrons. The minimum atomic E-state index is 0.808. The highest BCUT2D eigenvalue weighted by Crippen LogP contribution is 2.29. The van der Waals surface area contributed by atoms with E-state index in [4.69, 9.17) is 0 Å². The van der Waals surface area contributed by atoms with Gasteiger partial charge in [-0.1, -0.05) is 13.8 Å². The van der Waals surface area contributed by atoms with E-state index in [1.54, 1.807) is 0 Å². The maximum Gasteiger partial charge on any atom is 0.0235 e. The van der Waals surface area contributed by atoms with Crippen molar-refractivity contribution < 1.29 is 0 Å². The van der Waals surface area contributed by atoms with Crippen LogP contribution in [0.25, 0.3) is 0 Å². The Morgan fingerprint density at radius 1 is 1.11 bits per heavy atom. The normalized spacial score (nSPS) is 34.9. The van der Waals surface area contributed by atoms with Crippen LogP contribution >= 0.6 is 0 Å². The fourth-order valence-electron chi connectivity index (χ4n) is 4.36. The first-order valence-corrected chi connectivity index (χ1v) is 8.42. The van der Waals surface area contributed by atoms with E-state index in [9.17, 15) is 0 Å². The summed E-state index contributed by atoms with van der Waals surface area (Å²) in [5.74, 6) is 1.76. The Kier molecular flexibility index (Phi) is 4.45. The molecule has 2 unspecified atom stereocenters. The molecular weight excluding hydrogens is 234 g/mol. The molecule has 3 aliphatic rings. The summed E-state index contributed by atoms with van der Waals surface area (Å²) in [6.45, 7) is 12.5. The van der Waals surface area contributed by atoms with Gasteiger partial charge in [-0.15, -0.1) is 0 Å². The lowest BCUT2D eigenvalue weighted by Crippen LogP contribution is -2.46. The Bertz CT molecular complexity index is 270. The van der Waals surface area contributed by atoms with Crippen LogP contribution < -0.4 is 5.32 Å². The molecule has 3 rings (SSSR count). The van der Waals surface area contributed by atoms with Crippen molar-refractivity contribution in [2.75, 3.05) is 39.3 Å². The molecule has 0 spiro atoms. The Balaban J connectivity index is 1.47. The molecule has 0 aliphatic carbocycles. The van der Waals surface area contributed by atoms with Gasteiger partial charge in [0.05, 0.1) is 0 Å². The van der Waals surface area contributed by atoms with E-state index in [1.807, 2.05) is 0 Å². The highest BCUT2D eigenvalue weighted by atomic mass is 15.2. The van der Waals surface area contributed by atoms with Gasteiger partial charge in [0.2, 0.25) is 0 Å². The van der Waals surface area contributed by atoms with Gasteiger partial charge in [-0.2, -0.15) is 0 Å². The summed E-state index contributed by atoms with van der Waals surface area (Å²) in [4.78, 5) is 5.48. The quantitative estimate of drug-likeness (QED) is 0.839. The number of likely N-dealkylation sites (tertiary alicyclic amines) is 2. The smallest absolute Gasteiger partial charge is 0.0235 e. The second-order valence-electron chi connectivity index (χ2n) is 7.34. The van der Waals surface area contributed by atoms with Crippen molar-refractivity contribution in [3.63, 3.8) is 0 Å². The molecule has 0 radical (unpaired) electrons. The molecule has 3 aliphatic heterocycles. The molecule has 19 heavy (non-hydrogen) atoms. The third-order valence-electron chi connectivity index (χ3n) is 5.32. The molecule has 2 atom stereocenters. The van der Waals surface area contributed by atoms with Crippen LogP contribution in [0.5, 0.6) is 0 Å². The monoisotopic (exact) mass is 265 g/mol. The number of hydrogen-bond donors (Lipinski definition) is 1. The summed E-state index contributed by atoms with van der Waals surface area (Å²) < 4.78 is 0. The molecule has 0 aromatic carbocycles. The van der Waals surface area contributed by atoms with Gasteiger partial charge < -0.3 is 10.2 Å². The van der Waals surface area contributed by atoms with Crippen molar-refractivity contribution in [2.45, 2.75) is 51.6 Å². The number of nitrogens with one attached hydrogen (secondary N) is 1. The zero-order chi connectivity index (χ0) is 13.2. The SMILES string of the molecule is CC(C)CN1CCC(N2CC3CCCNC3C2)CC1. The molecular formula is C16H31N3. The molecule has 3 heteroatoms. The van der Waals surface area contributed by atoms with E-state index >= 15 is 0 Å². The van der Waals surface area contributed by atoms with Crippen LogP contribution in [0.4, 0.5) is 0 Å². The molecule has 0 amide bonds. The van der Waals surface area contributed by atoms with Gasteiger partial charge in [0.25, 0.3) is 0 Å². The molecule has 3 heterocycles. The molecule has 3 fully saturated rings. The third kappa shape index (κ3) is 3.32. The van der Waals surface area contributed by atoms with E-state index in [1.165, 1.54) is 65.0 Å². The van der Waals surface area contributed by atoms with Crippen molar-refractivity contribution in [3.8, 4) is 0 Å². The minimum Gasteiger partial charge on any atom is -0.312 e. The van der Waals surface area contributed by atoms with Crippen molar-refractivity contribution in [1.82, 2.24) is 15.1 Å². The van der Waals surface area contributed by atoms with Crippen molar-refractivity contribution in [2.24, 2.45) is 11.8 Å². The van der Waals surface area contributed by atoms with Crippen LogP contribution in [0.15, 0.2) is 0 Å². The lowest BCUT2D eigenvalue weighted by atomic mass is 9.94. The first-order valence-electron chi connectivity index (χ1n) is 8.42. The predicted molar refractivity (Wildman–Crippen MR) is 80.4 cm³/mol. The highest BCUT2D eigenvalue weighted by Gasteiger charge is 2.37. The van der Waals surface area contributed by atoms with Crippen molar-refractivity contribution >= 4 is 0 Å². The first-order chi connectivity index (χ1) is 9.22. The zero-order valence-corrected chi connectivity index (χ0v) is 12.8. The highest BCUT2D eigenvalue weighted by molar-refractivity contribution is 4.95. The standard InChI is InChI=1S/C16H31N3/c1-13(2)10-18-8-5-15(6-9-18)19-11-14-4-3-7-17-16(14)12-19/h13-17H,3-12H2,1-2H3. The minimum absolute atomic E-state index is 0.808. The fourth-order valence-corrected chi connectivity index (χ4v) is 4.36. The predicted octanol–water partition coefficient (Wildman–Crippen LogP) is 1.79. The lowest BCUT2D eigenvalue weighted by molar-refractivity contribution is 0.115. The molecule has 0 saturated carbocycles. The van der Waals surface area contributed by atoms with Gasteiger partial charge in [-0.05, 0) is 57.2 Å². The van der Waals surface area contributed by atoms with Crippen LogP contribution in [-0.4, -0.2) is 61.2 Å². The summed E-state index contributed by atoms with van der Waals surface area (Å²) in [5.41, 5.74) is 0. The second kappa shape index (κ2) is 6.11. The molecule has 0 aromatic rings. The van der Waals surface area contributed by atoms with Crippen LogP contribution in [0.2, 0.25) is 0 Å². The van der Waals surface area contributed by atoms with Crippen LogP contribution in [0.1, 0.15) is 39.5 Å². The van der Waals surface area contributed by atoms with E-state index in [2.05, 4.69) is 29.0 Å². The van der Waals surface area contributed by atoms with Gasteiger partial charge in [-0.3, -0.25) is 4.90 Å². The molecule has 3 saturated heterocycles. The number of hydrogen-bond acceptors (Lipinski definition) is 3. The van der Waals surface area contributed by atoms with Gasteiger partial charge >= 0.3 is 0 Å². The lowest BCUT2D eigenvalue weighted by Gasteiger charge is -2.37. The molecule has 1 N–H and O–H groups in total. The van der Waals surface area contributed by atoms with Crippen LogP contribution in [0, 0.1) is 11.8 Å². The van der Waals surface area contributed by atoms with Crippen molar-refractivity contribution in [1.29, 1.82) is 0 Å². The zero-order valence-electron chi connectivity index (χ0n) is 12.8. The average molecular weight is 265 g/mol. The average Bonchev–Trinajstić information content (AvgIpc) is 2.82. The van der Waals surface area contributed by atoms with Gasteiger partial charge in [-0.25, -0.2) is 0 Å². The second-order valence-corrected chi connectivity index (χ2v) is 7.34. The van der Waals surface area contributed by atoms with Crippen molar-refractivity contribution in [3.05, 3.63) is 0 Å². The summed E-state index contributed by atoms with van der Waals surface area (Å²) in [5, 5.41) is 3.73. The van der Waals surface area contributed by atoms with E-state index in [0.717, 1.165) is 23.9 Å². The maximum atomic E-state index is 3.73. The Morgan fingerprint density at radius 3 is 2.58 bits per heavy atom. The summed E-state index contributed by atoms with van der Waals surface area (Å²) >= 11 is 0. The number of fused-ring (bicyclic) bond motifs is 1. The van der Waals surface area contributed by atoms with Gasteiger partial charge in [0.1, 0.15) is 0 Å². The maximum absolute atomic E-state index is 3.73. The summed E-state index contributed by atoms with van der Waals surface area (Å²) in [6.07, 6.45) is 5.64. The van der Waals surface area contributed by atoms with Crippen LogP contribution in [0.3, 0.4) is 0 Å². The number of rotatable bonds is 3. The fraction of sp³-hybridized carbons (Fsp3) is 1.00. The molecule has 0 bridgehead atoms. The van der Waals surface area contributed by atoms with Gasteiger partial charge in [0.15, 0.2) is 0 Å². The van der Waals surface area contributed by atoms with E-state index in [-0.39, 0.29) is 0 Å². The largest absolute Gasteiger partial charge is 0.312 e. The Morgan fingerprint density at radius 2 is 1.89 bits per heavy atom. The summed E-state index contributed by atoms with van der Waals surface area (Å²) in [6, 6.07) is 1.68. The van der Waals surface area contributed by atoms with Gasteiger partial charge in [0, 0.05) is 31.7 Å². The van der Waals surface area contributed by atoms with Crippen LogP contribution in [-0.2, 0) is 0 Å². The number of nitrogens with zero attached hydrogens (tertiary/aromatic N) is 2. The molecule has 3 nitrogen and oxygen atoms in total. The Labute approximate surface area is 118 Å². The van der Waals surface area contributed by atoms with E-state index < -0.39 is 0 Å². The van der Waals surface area contributed by atoms with E-state index in [0.29, 0.717) is 0 Å². The first kappa shape index (κ1) is 13.8. The Hall–Kier alpha value is -0.120. The number of piperidine rings is 2. The molecule has 0 aromatic heterocycles. The summed E-state index contributed by atoms with van der Waals surface area (Å²) in [7, 11) is 0.